The summed E-state index contributed by atoms with van der Waals surface area (Å²) in [5, 5.41) is 4.69. The molecule has 192 valence electrons. The average Bonchev–Trinajstić information content (AvgIpc) is 3.34. The van der Waals surface area contributed by atoms with Gasteiger partial charge in [0, 0.05) is 40.1 Å². The molecular weight excluding hydrogens is 541 g/mol. The van der Waals surface area contributed by atoms with Crippen molar-refractivity contribution in [2.45, 2.75) is 25.8 Å². The number of methoxy groups -OCH3 is 1. The van der Waals surface area contributed by atoms with Gasteiger partial charge in [0.25, 0.3) is 5.91 Å². The van der Waals surface area contributed by atoms with Gasteiger partial charge in [-0.1, -0.05) is 53.0 Å². The summed E-state index contributed by atoms with van der Waals surface area (Å²) in [6.45, 7) is 0.837. The van der Waals surface area contributed by atoms with Gasteiger partial charge in [-0.2, -0.15) is 0 Å². The predicted octanol–water partition coefficient (Wildman–Crippen LogP) is 8.63. The standard InChI is InChI=1S/C30H24Cl3N3O2/c1-38-22-12-5-18(6-13-22)27-23-4-2-3-15-35-26(19-7-14-24(32)25(33)16-19)17-36(30(23)35)28(27)29(37)34-21-10-8-20(31)9-11-21/h5-14,16-17H,2-4,15H2,1H3,(H,34,37). The lowest BCUT2D eigenvalue weighted by molar-refractivity contribution is 0.102. The highest BCUT2D eigenvalue weighted by Gasteiger charge is 2.29. The molecule has 0 spiro atoms. The van der Waals surface area contributed by atoms with Crippen LogP contribution in [0.5, 0.6) is 5.75 Å². The number of carbonyl (C=O) groups excluding carboxylic acids is 1. The van der Waals surface area contributed by atoms with E-state index in [-0.39, 0.29) is 5.91 Å². The number of nitrogens with one attached hydrogen (secondary N) is 1. The van der Waals surface area contributed by atoms with Gasteiger partial charge in [-0.3, -0.25) is 9.20 Å². The van der Waals surface area contributed by atoms with Crippen molar-refractivity contribution in [2.24, 2.45) is 0 Å². The monoisotopic (exact) mass is 563 g/mol. The topological polar surface area (TPSA) is 47.7 Å². The number of anilines is 1. The molecule has 2 aromatic heterocycles. The van der Waals surface area contributed by atoms with E-state index in [1.54, 1.807) is 31.4 Å². The van der Waals surface area contributed by atoms with Gasteiger partial charge in [0.2, 0.25) is 0 Å². The molecule has 6 rings (SSSR count). The molecule has 0 aliphatic carbocycles. The van der Waals surface area contributed by atoms with Crippen molar-refractivity contribution < 1.29 is 9.53 Å². The Morgan fingerprint density at radius 1 is 0.895 bits per heavy atom. The third-order valence-corrected chi connectivity index (χ3v) is 8.04. The van der Waals surface area contributed by atoms with Gasteiger partial charge in [-0.15, -0.1) is 0 Å². The van der Waals surface area contributed by atoms with E-state index in [1.807, 2.05) is 53.1 Å². The number of nitrogens with zero attached hydrogens (tertiary/aromatic N) is 2. The van der Waals surface area contributed by atoms with Crippen LogP contribution in [-0.4, -0.2) is 22.0 Å². The van der Waals surface area contributed by atoms with Gasteiger partial charge < -0.3 is 14.6 Å². The summed E-state index contributed by atoms with van der Waals surface area (Å²) in [5.74, 6) is 0.569. The molecule has 38 heavy (non-hydrogen) atoms. The maximum Gasteiger partial charge on any atom is 0.273 e. The zero-order valence-electron chi connectivity index (χ0n) is 20.6. The number of aromatic nitrogens is 2. The SMILES string of the molecule is COc1ccc(-c2c3c4n(c(-c5ccc(Cl)c(Cl)c5)cn4c2C(=O)Nc2ccc(Cl)cc2)CCCC3)cc1. The van der Waals surface area contributed by atoms with Crippen molar-refractivity contribution >= 4 is 52.0 Å². The summed E-state index contributed by atoms with van der Waals surface area (Å²) in [7, 11) is 1.65. The maximum absolute atomic E-state index is 14.0. The number of hydrogen-bond acceptors (Lipinski definition) is 2. The number of hydrogen-bond donors (Lipinski definition) is 1. The Labute approximate surface area is 235 Å². The van der Waals surface area contributed by atoms with Crippen LogP contribution in [0.1, 0.15) is 28.9 Å². The molecule has 0 atom stereocenters. The van der Waals surface area contributed by atoms with Crippen LogP contribution in [0, 0.1) is 0 Å². The Bertz CT molecular complexity index is 1670. The molecule has 3 aromatic carbocycles. The summed E-state index contributed by atoms with van der Waals surface area (Å²) in [4.78, 5) is 14.0. The first-order chi connectivity index (χ1) is 18.4. The van der Waals surface area contributed by atoms with E-state index < -0.39 is 0 Å². The van der Waals surface area contributed by atoms with E-state index >= 15 is 0 Å². The van der Waals surface area contributed by atoms with Crippen molar-refractivity contribution in [1.29, 1.82) is 0 Å². The van der Waals surface area contributed by atoms with Crippen LogP contribution in [0.25, 0.3) is 28.0 Å². The molecule has 1 N–H and O–H groups in total. The van der Waals surface area contributed by atoms with Gasteiger partial charge in [-0.25, -0.2) is 0 Å². The van der Waals surface area contributed by atoms with Gasteiger partial charge in [0.05, 0.1) is 22.8 Å². The second-order valence-corrected chi connectivity index (χ2v) is 10.6. The molecule has 5 nitrogen and oxygen atoms in total. The predicted molar refractivity (Wildman–Crippen MR) is 155 cm³/mol. The highest BCUT2D eigenvalue weighted by Crippen LogP contribution is 2.40. The smallest absolute Gasteiger partial charge is 0.273 e. The van der Waals surface area contributed by atoms with Crippen molar-refractivity contribution in [3.8, 4) is 28.1 Å². The number of rotatable bonds is 5. The van der Waals surface area contributed by atoms with Gasteiger partial charge in [0.15, 0.2) is 0 Å². The Kier molecular flexibility index (Phi) is 6.60. The van der Waals surface area contributed by atoms with E-state index in [1.165, 1.54) is 0 Å². The molecule has 3 heterocycles. The van der Waals surface area contributed by atoms with Crippen LogP contribution in [-0.2, 0) is 13.0 Å². The number of ether oxygens (including phenoxy) is 1. The molecule has 0 saturated carbocycles. The first-order valence-corrected chi connectivity index (χ1v) is 13.5. The minimum atomic E-state index is -0.196. The minimum Gasteiger partial charge on any atom is -0.497 e. The number of imidazole rings is 1. The van der Waals surface area contributed by atoms with Gasteiger partial charge >= 0.3 is 0 Å². The maximum atomic E-state index is 14.0. The lowest BCUT2D eigenvalue weighted by Gasteiger charge is -2.11. The van der Waals surface area contributed by atoms with Gasteiger partial charge in [-0.05, 0) is 73.4 Å². The highest BCUT2D eigenvalue weighted by molar-refractivity contribution is 6.42. The van der Waals surface area contributed by atoms with Crippen molar-refractivity contribution in [1.82, 2.24) is 8.97 Å². The lowest BCUT2D eigenvalue weighted by atomic mass is 9.97. The second-order valence-electron chi connectivity index (χ2n) is 9.34. The zero-order chi connectivity index (χ0) is 26.4. The second kappa shape index (κ2) is 10.1. The fourth-order valence-electron chi connectivity index (χ4n) is 5.29. The third-order valence-electron chi connectivity index (χ3n) is 7.05. The third kappa shape index (κ3) is 4.35. The summed E-state index contributed by atoms with van der Waals surface area (Å²) in [6.07, 6.45) is 4.95. The molecule has 1 aliphatic heterocycles. The number of amides is 1. The number of benzene rings is 3. The molecule has 0 bridgehead atoms. The molecule has 8 heteroatoms. The normalized spacial score (nSPS) is 12.9. The van der Waals surface area contributed by atoms with E-state index in [0.717, 1.165) is 65.2 Å². The summed E-state index contributed by atoms with van der Waals surface area (Å²) >= 11 is 18.7. The number of aryl methyl sites for hydroxylation is 2. The zero-order valence-corrected chi connectivity index (χ0v) is 22.9. The average molecular weight is 565 g/mol. The largest absolute Gasteiger partial charge is 0.497 e. The van der Waals surface area contributed by atoms with Crippen molar-refractivity contribution in [2.75, 3.05) is 12.4 Å². The van der Waals surface area contributed by atoms with E-state index in [2.05, 4.69) is 9.88 Å². The molecular formula is C30H24Cl3N3O2. The number of carbonyl (C=O) groups is 1. The molecule has 5 aromatic rings. The summed E-state index contributed by atoms with van der Waals surface area (Å²) < 4.78 is 9.72. The van der Waals surface area contributed by atoms with Crippen molar-refractivity contribution in [3.05, 3.63) is 99.3 Å². The molecule has 1 amide bonds. The molecule has 1 aliphatic rings. The quantitative estimate of drug-likeness (QED) is 0.232. The van der Waals surface area contributed by atoms with E-state index in [4.69, 9.17) is 39.5 Å². The van der Waals surface area contributed by atoms with Gasteiger partial charge in [0.1, 0.15) is 17.1 Å². The molecule has 0 unspecified atom stereocenters. The van der Waals surface area contributed by atoms with Crippen LogP contribution in [0.15, 0.2) is 72.9 Å². The molecule has 0 saturated heterocycles. The minimum absolute atomic E-state index is 0.196. The van der Waals surface area contributed by atoms with Crippen LogP contribution >= 0.6 is 34.8 Å². The first kappa shape index (κ1) is 24.9. The van der Waals surface area contributed by atoms with Crippen LogP contribution in [0.4, 0.5) is 5.69 Å². The summed E-state index contributed by atoms with van der Waals surface area (Å²) in [6, 6.07) is 20.7. The van der Waals surface area contributed by atoms with Crippen LogP contribution in [0.2, 0.25) is 15.1 Å². The fourth-order valence-corrected chi connectivity index (χ4v) is 5.71. The lowest BCUT2D eigenvalue weighted by Crippen LogP contribution is -2.15. The summed E-state index contributed by atoms with van der Waals surface area (Å²) in [5.41, 5.74) is 7.27. The van der Waals surface area contributed by atoms with E-state index in [9.17, 15) is 4.79 Å². The Hall–Kier alpha value is -3.38. The Morgan fingerprint density at radius 2 is 1.63 bits per heavy atom. The van der Waals surface area contributed by atoms with Crippen LogP contribution < -0.4 is 10.1 Å². The Morgan fingerprint density at radius 3 is 2.34 bits per heavy atom. The molecule has 0 fully saturated rings. The van der Waals surface area contributed by atoms with E-state index in [0.29, 0.717) is 26.4 Å². The number of halogens is 3. The molecule has 0 radical (unpaired) electrons. The van der Waals surface area contributed by atoms with Crippen LogP contribution in [0.3, 0.4) is 0 Å². The highest BCUT2D eigenvalue weighted by atomic mass is 35.5. The Balaban J connectivity index is 1.59. The van der Waals surface area contributed by atoms with Crippen molar-refractivity contribution in [3.63, 3.8) is 0 Å². The first-order valence-electron chi connectivity index (χ1n) is 12.4. The fraction of sp³-hybridized carbons (Fsp3) is 0.167.